The van der Waals surface area contributed by atoms with Crippen LogP contribution >= 0.6 is 12.2 Å². The van der Waals surface area contributed by atoms with E-state index in [0.29, 0.717) is 17.1 Å². The van der Waals surface area contributed by atoms with Gasteiger partial charge in [0.2, 0.25) is 0 Å². The monoisotopic (exact) mass is 247 g/mol. The molecule has 0 fully saturated rings. The zero-order chi connectivity index (χ0) is 12.3. The van der Waals surface area contributed by atoms with Crippen LogP contribution in [0.1, 0.15) is 5.56 Å². The summed E-state index contributed by atoms with van der Waals surface area (Å²) in [4.78, 5) is 4.31. The number of halogens is 1. The molecule has 0 amide bonds. The third-order valence-corrected chi connectivity index (χ3v) is 2.42. The number of nitrogens with one attached hydrogen (secondary N) is 1. The molecule has 0 saturated carbocycles. The van der Waals surface area contributed by atoms with Gasteiger partial charge in [-0.25, -0.2) is 9.37 Å². The predicted octanol–water partition coefficient (Wildman–Crippen LogP) is 2.60. The topological polar surface area (TPSA) is 50.9 Å². The number of hydrogen-bond donors (Lipinski definition) is 2. The molecule has 0 aliphatic heterocycles. The largest absolute Gasteiger partial charge is 0.389 e. The Morgan fingerprint density at radius 1 is 1.24 bits per heavy atom. The van der Waals surface area contributed by atoms with Gasteiger partial charge in [-0.2, -0.15) is 0 Å². The van der Waals surface area contributed by atoms with Crippen molar-refractivity contribution in [3.8, 4) is 0 Å². The lowest BCUT2D eigenvalue weighted by Crippen LogP contribution is -2.13. The molecule has 17 heavy (non-hydrogen) atoms. The van der Waals surface area contributed by atoms with Crippen molar-refractivity contribution in [1.29, 1.82) is 0 Å². The molecule has 5 heteroatoms. The number of nitrogens with two attached hydrogens (primary N) is 1. The number of para-hydroxylation sites is 1. The Hall–Kier alpha value is -2.01. The maximum absolute atomic E-state index is 13.5. The summed E-state index contributed by atoms with van der Waals surface area (Å²) in [6, 6.07) is 9.79. The fourth-order valence-corrected chi connectivity index (χ4v) is 1.56. The van der Waals surface area contributed by atoms with Gasteiger partial charge in [-0.1, -0.05) is 24.4 Å². The van der Waals surface area contributed by atoms with E-state index < -0.39 is 0 Å². The van der Waals surface area contributed by atoms with Crippen molar-refractivity contribution in [1.82, 2.24) is 4.98 Å². The van der Waals surface area contributed by atoms with Gasteiger partial charge in [-0.15, -0.1) is 0 Å². The van der Waals surface area contributed by atoms with Gasteiger partial charge < -0.3 is 11.1 Å². The van der Waals surface area contributed by atoms with Crippen molar-refractivity contribution in [2.24, 2.45) is 5.73 Å². The first-order valence-electron chi connectivity index (χ1n) is 4.95. The summed E-state index contributed by atoms with van der Waals surface area (Å²) >= 11 is 4.90. The number of rotatable bonds is 3. The minimum absolute atomic E-state index is 0.219. The molecule has 86 valence electrons. The lowest BCUT2D eigenvalue weighted by Gasteiger charge is -2.10. The first-order chi connectivity index (χ1) is 8.18. The van der Waals surface area contributed by atoms with Crippen LogP contribution in [0.15, 0.2) is 42.6 Å². The van der Waals surface area contributed by atoms with Gasteiger partial charge in [0.15, 0.2) is 0 Å². The van der Waals surface area contributed by atoms with Crippen LogP contribution < -0.4 is 11.1 Å². The molecular formula is C12H10FN3S. The number of nitrogens with zero attached hydrogens (tertiary/aromatic N) is 1. The first-order valence-corrected chi connectivity index (χ1v) is 5.35. The third-order valence-electron chi connectivity index (χ3n) is 2.20. The Balaban J connectivity index is 2.37. The molecule has 1 aromatic carbocycles. The third kappa shape index (κ3) is 2.57. The molecule has 0 aliphatic rings. The van der Waals surface area contributed by atoms with Crippen LogP contribution in [0.5, 0.6) is 0 Å². The average molecular weight is 247 g/mol. The highest BCUT2D eigenvalue weighted by molar-refractivity contribution is 7.80. The van der Waals surface area contributed by atoms with E-state index in [1.54, 1.807) is 36.5 Å². The molecular weight excluding hydrogens is 237 g/mol. The highest BCUT2D eigenvalue weighted by atomic mass is 32.1. The zero-order valence-electron chi connectivity index (χ0n) is 8.85. The highest BCUT2D eigenvalue weighted by Crippen LogP contribution is 2.20. The molecule has 0 saturated heterocycles. The number of thiocarbonyl (C=S) groups is 1. The number of hydrogen-bond acceptors (Lipinski definition) is 3. The van der Waals surface area contributed by atoms with E-state index in [2.05, 4.69) is 10.3 Å². The molecule has 1 heterocycles. The zero-order valence-corrected chi connectivity index (χ0v) is 9.67. The summed E-state index contributed by atoms with van der Waals surface area (Å²) in [5.74, 6) is 0.0946. The molecule has 0 radical (unpaired) electrons. The summed E-state index contributed by atoms with van der Waals surface area (Å²) in [5, 5.41) is 2.87. The smallest absolute Gasteiger partial charge is 0.146 e. The summed E-state index contributed by atoms with van der Waals surface area (Å²) in [5.41, 5.74) is 6.49. The molecule has 2 rings (SSSR count). The van der Waals surface area contributed by atoms with Gasteiger partial charge in [0.25, 0.3) is 0 Å². The molecule has 3 N–H and O–H groups in total. The molecule has 0 atom stereocenters. The van der Waals surface area contributed by atoms with Gasteiger partial charge in [-0.3, -0.25) is 0 Å². The highest BCUT2D eigenvalue weighted by Gasteiger charge is 2.08. The number of aromatic nitrogens is 1. The molecule has 0 bridgehead atoms. The van der Waals surface area contributed by atoms with Crippen LogP contribution in [0.25, 0.3) is 0 Å². The van der Waals surface area contributed by atoms with E-state index in [1.807, 2.05) is 0 Å². The van der Waals surface area contributed by atoms with E-state index in [9.17, 15) is 4.39 Å². The SMILES string of the molecule is NC(=S)c1cccnc1Nc1ccccc1F. The van der Waals surface area contributed by atoms with E-state index in [-0.39, 0.29) is 10.8 Å². The Kier molecular flexibility index (Phi) is 3.30. The standard InChI is InChI=1S/C12H10FN3S/c13-9-5-1-2-6-10(9)16-12-8(11(14)17)4-3-7-15-12/h1-7H,(H2,14,17)(H,15,16). The van der Waals surface area contributed by atoms with Crippen LogP contribution in [-0.4, -0.2) is 9.97 Å². The van der Waals surface area contributed by atoms with Crippen molar-refractivity contribution in [3.63, 3.8) is 0 Å². The Labute approximate surface area is 103 Å². The van der Waals surface area contributed by atoms with Gasteiger partial charge >= 0.3 is 0 Å². The fraction of sp³-hybridized carbons (Fsp3) is 0. The minimum atomic E-state index is -0.355. The summed E-state index contributed by atoms with van der Waals surface area (Å²) in [6.45, 7) is 0. The van der Waals surface area contributed by atoms with Crippen LogP contribution in [0.4, 0.5) is 15.9 Å². The van der Waals surface area contributed by atoms with E-state index >= 15 is 0 Å². The lowest BCUT2D eigenvalue weighted by atomic mass is 10.2. The second-order valence-electron chi connectivity index (χ2n) is 3.37. The molecule has 0 unspecified atom stereocenters. The van der Waals surface area contributed by atoms with Crippen molar-refractivity contribution in [2.75, 3.05) is 5.32 Å². The number of anilines is 2. The molecule has 2 aromatic rings. The number of pyridine rings is 1. The predicted molar refractivity (Wildman–Crippen MR) is 69.8 cm³/mol. The summed E-state index contributed by atoms with van der Waals surface area (Å²) in [6.07, 6.45) is 1.59. The Bertz CT molecular complexity index is 557. The van der Waals surface area contributed by atoms with Crippen LogP contribution in [0.2, 0.25) is 0 Å². The van der Waals surface area contributed by atoms with Crippen molar-refractivity contribution >= 4 is 28.7 Å². The molecule has 0 spiro atoms. The molecule has 1 aromatic heterocycles. The maximum Gasteiger partial charge on any atom is 0.146 e. The van der Waals surface area contributed by atoms with Crippen LogP contribution in [-0.2, 0) is 0 Å². The van der Waals surface area contributed by atoms with E-state index in [4.69, 9.17) is 18.0 Å². The summed E-state index contributed by atoms with van der Waals surface area (Å²) in [7, 11) is 0. The first kappa shape index (κ1) is 11.5. The van der Waals surface area contributed by atoms with Gasteiger partial charge in [0.1, 0.15) is 16.6 Å². The van der Waals surface area contributed by atoms with Crippen LogP contribution in [0, 0.1) is 5.82 Å². The molecule has 0 aliphatic carbocycles. The van der Waals surface area contributed by atoms with Crippen molar-refractivity contribution < 1.29 is 4.39 Å². The maximum atomic E-state index is 13.5. The van der Waals surface area contributed by atoms with E-state index in [1.165, 1.54) is 6.07 Å². The Morgan fingerprint density at radius 2 is 2.00 bits per heavy atom. The van der Waals surface area contributed by atoms with Crippen molar-refractivity contribution in [2.45, 2.75) is 0 Å². The summed E-state index contributed by atoms with van der Waals surface area (Å²) < 4.78 is 13.5. The Morgan fingerprint density at radius 3 is 2.71 bits per heavy atom. The lowest BCUT2D eigenvalue weighted by molar-refractivity contribution is 0.632. The quantitative estimate of drug-likeness (QED) is 0.819. The number of benzene rings is 1. The second-order valence-corrected chi connectivity index (χ2v) is 3.81. The van der Waals surface area contributed by atoms with Crippen LogP contribution in [0.3, 0.4) is 0 Å². The van der Waals surface area contributed by atoms with E-state index in [0.717, 1.165) is 0 Å². The average Bonchev–Trinajstić information content (AvgIpc) is 2.32. The van der Waals surface area contributed by atoms with Gasteiger partial charge in [-0.05, 0) is 24.3 Å². The fourth-order valence-electron chi connectivity index (χ4n) is 1.39. The van der Waals surface area contributed by atoms with Gasteiger partial charge in [0.05, 0.1) is 11.3 Å². The van der Waals surface area contributed by atoms with Gasteiger partial charge in [0, 0.05) is 6.20 Å². The minimum Gasteiger partial charge on any atom is -0.389 e. The van der Waals surface area contributed by atoms with Crippen molar-refractivity contribution in [3.05, 3.63) is 54.0 Å². The second kappa shape index (κ2) is 4.88. The molecule has 3 nitrogen and oxygen atoms in total. The normalized spacial score (nSPS) is 9.94.